The van der Waals surface area contributed by atoms with Crippen LogP contribution in [0.1, 0.15) is 25.0 Å². The number of aliphatic hydroxyl groups excluding tert-OH is 1. The van der Waals surface area contributed by atoms with E-state index in [1.807, 2.05) is 0 Å². The molecule has 2 amide bonds. The molecule has 1 saturated heterocycles. The van der Waals surface area contributed by atoms with Crippen LogP contribution in [0.4, 0.5) is 33.7 Å². The summed E-state index contributed by atoms with van der Waals surface area (Å²) in [5.74, 6) is -0.822. The summed E-state index contributed by atoms with van der Waals surface area (Å²) in [5, 5.41) is 17.2. The maximum absolute atomic E-state index is 14.8. The molecule has 0 aliphatic carbocycles. The minimum atomic E-state index is -4.72. The number of aliphatic hydroxyl groups is 1. The fourth-order valence-corrected chi connectivity index (χ4v) is 3.72. The van der Waals surface area contributed by atoms with E-state index in [-0.39, 0.29) is 41.7 Å². The molecule has 198 valence electrons. The second-order valence-electron chi connectivity index (χ2n) is 8.68. The molecule has 2 heterocycles. The molecule has 1 unspecified atom stereocenters. The van der Waals surface area contributed by atoms with Crippen LogP contribution in [0.3, 0.4) is 0 Å². The van der Waals surface area contributed by atoms with Crippen LogP contribution < -0.4 is 20.7 Å². The van der Waals surface area contributed by atoms with Crippen LogP contribution in [-0.4, -0.2) is 42.8 Å². The summed E-state index contributed by atoms with van der Waals surface area (Å²) in [6.45, 7) is 4.03. The zero-order valence-electron chi connectivity index (χ0n) is 19.9. The molecule has 2 aromatic rings. The average molecular weight is 523 g/mol. The summed E-state index contributed by atoms with van der Waals surface area (Å²) in [6, 6.07) is 6.20. The summed E-state index contributed by atoms with van der Waals surface area (Å²) in [6.07, 6.45) is -2.86. The zero-order chi connectivity index (χ0) is 26.8. The highest BCUT2D eigenvalue weighted by atomic mass is 19.4. The van der Waals surface area contributed by atoms with Crippen molar-refractivity contribution in [1.82, 2.24) is 5.32 Å². The van der Waals surface area contributed by atoms with Gasteiger partial charge in [0.1, 0.15) is 17.3 Å². The molecule has 0 radical (unpaired) electrons. The number of rotatable bonds is 7. The minimum Gasteiger partial charge on any atom is -0.493 e. The van der Waals surface area contributed by atoms with Crippen LogP contribution in [0.15, 0.2) is 54.4 Å². The van der Waals surface area contributed by atoms with Crippen LogP contribution in [0.5, 0.6) is 5.75 Å². The molecule has 37 heavy (non-hydrogen) atoms. The molecule has 4 rings (SSSR count). The Bertz CT molecular complexity index is 1240. The summed E-state index contributed by atoms with van der Waals surface area (Å²) >= 11 is 0. The highest BCUT2D eigenvalue weighted by Crippen LogP contribution is 2.40. The van der Waals surface area contributed by atoms with E-state index in [2.05, 4.69) is 16.0 Å². The third kappa shape index (κ3) is 6.15. The first-order chi connectivity index (χ1) is 17.5. The van der Waals surface area contributed by atoms with Crippen molar-refractivity contribution < 1.29 is 41.7 Å². The lowest BCUT2D eigenvalue weighted by molar-refractivity contribution is -0.160. The van der Waals surface area contributed by atoms with E-state index in [1.165, 1.54) is 30.5 Å². The second-order valence-corrected chi connectivity index (χ2v) is 8.68. The number of urea groups is 1. The van der Waals surface area contributed by atoms with E-state index in [1.54, 1.807) is 13.8 Å². The number of amides is 2. The van der Waals surface area contributed by atoms with E-state index in [9.17, 15) is 27.5 Å². The van der Waals surface area contributed by atoms with Gasteiger partial charge in [-0.2, -0.15) is 13.2 Å². The lowest BCUT2D eigenvalue weighted by Crippen LogP contribution is -2.51. The highest BCUT2D eigenvalue weighted by Gasteiger charge is 2.40. The SMILES string of the molecule is CCOC1=CC(c2ccc(NC(=O)Nc3ccc(OC4(C)COC4)c(C(F)(F)F)c3)cc2F)=CNC1O. The Kier molecular flexibility index (Phi) is 7.32. The molecule has 2 aromatic carbocycles. The first kappa shape index (κ1) is 26.3. The molecule has 0 saturated carbocycles. The van der Waals surface area contributed by atoms with Crippen LogP contribution in [0.25, 0.3) is 5.57 Å². The number of anilines is 2. The van der Waals surface area contributed by atoms with E-state index in [0.717, 1.165) is 18.2 Å². The fraction of sp³-hybridized carbons (Fsp3) is 0.320. The van der Waals surface area contributed by atoms with Crippen molar-refractivity contribution in [3.8, 4) is 5.75 Å². The second kappa shape index (κ2) is 10.3. The Hall–Kier alpha value is -3.77. The molecule has 4 N–H and O–H groups in total. The lowest BCUT2D eigenvalue weighted by Gasteiger charge is -2.38. The van der Waals surface area contributed by atoms with Crippen molar-refractivity contribution >= 4 is 23.0 Å². The highest BCUT2D eigenvalue weighted by molar-refractivity contribution is 6.00. The number of halogens is 4. The monoisotopic (exact) mass is 523 g/mol. The van der Waals surface area contributed by atoms with Gasteiger partial charge in [-0.3, -0.25) is 0 Å². The van der Waals surface area contributed by atoms with Gasteiger partial charge in [0.25, 0.3) is 0 Å². The van der Waals surface area contributed by atoms with Gasteiger partial charge in [0.2, 0.25) is 0 Å². The smallest absolute Gasteiger partial charge is 0.420 e. The van der Waals surface area contributed by atoms with Gasteiger partial charge < -0.3 is 35.3 Å². The Morgan fingerprint density at radius 3 is 2.46 bits per heavy atom. The topological polar surface area (TPSA) is 101 Å². The molecule has 0 aromatic heterocycles. The predicted molar refractivity (Wildman–Crippen MR) is 127 cm³/mol. The van der Waals surface area contributed by atoms with Crippen LogP contribution in [0.2, 0.25) is 0 Å². The molecule has 2 aliphatic heterocycles. The largest absolute Gasteiger partial charge is 0.493 e. The first-order valence-electron chi connectivity index (χ1n) is 11.3. The van der Waals surface area contributed by atoms with Crippen molar-refractivity contribution in [3.63, 3.8) is 0 Å². The molecule has 0 spiro atoms. The summed E-state index contributed by atoms with van der Waals surface area (Å²) in [4.78, 5) is 12.4. The summed E-state index contributed by atoms with van der Waals surface area (Å²) < 4.78 is 71.5. The van der Waals surface area contributed by atoms with Crippen molar-refractivity contribution in [2.75, 3.05) is 30.5 Å². The quantitative estimate of drug-likeness (QED) is 0.388. The number of dihydropyridines is 1. The number of hydrogen-bond acceptors (Lipinski definition) is 6. The number of alkyl halides is 3. The molecule has 2 aliphatic rings. The number of carbonyl (C=O) groups excluding carboxylic acids is 1. The molecule has 0 bridgehead atoms. The zero-order valence-corrected chi connectivity index (χ0v) is 19.9. The number of ether oxygens (including phenoxy) is 3. The number of allylic oxidation sites excluding steroid dienone is 2. The van der Waals surface area contributed by atoms with Gasteiger partial charge in [-0.05, 0) is 56.3 Å². The van der Waals surface area contributed by atoms with Crippen LogP contribution >= 0.6 is 0 Å². The van der Waals surface area contributed by atoms with Crippen molar-refractivity contribution in [2.45, 2.75) is 31.9 Å². The van der Waals surface area contributed by atoms with Crippen molar-refractivity contribution in [3.05, 3.63) is 71.4 Å². The molecular weight excluding hydrogens is 498 g/mol. The van der Waals surface area contributed by atoms with E-state index < -0.39 is 35.4 Å². The normalized spacial score (nSPS) is 18.5. The van der Waals surface area contributed by atoms with Gasteiger partial charge in [-0.25, -0.2) is 9.18 Å². The van der Waals surface area contributed by atoms with E-state index >= 15 is 0 Å². The lowest BCUT2D eigenvalue weighted by atomic mass is 10.0. The Labute approximate surface area is 209 Å². The minimum absolute atomic E-state index is 0.0751. The third-order valence-corrected chi connectivity index (χ3v) is 5.53. The Balaban J connectivity index is 1.45. The summed E-state index contributed by atoms with van der Waals surface area (Å²) in [7, 11) is 0. The van der Waals surface area contributed by atoms with Crippen LogP contribution in [0, 0.1) is 5.82 Å². The van der Waals surface area contributed by atoms with Gasteiger partial charge in [0.05, 0.1) is 25.4 Å². The van der Waals surface area contributed by atoms with Gasteiger partial charge >= 0.3 is 12.2 Å². The van der Waals surface area contributed by atoms with Crippen LogP contribution in [-0.2, 0) is 15.7 Å². The fourth-order valence-electron chi connectivity index (χ4n) is 3.72. The number of carbonyl (C=O) groups is 1. The van der Waals surface area contributed by atoms with Crippen molar-refractivity contribution in [2.24, 2.45) is 0 Å². The number of nitrogens with one attached hydrogen (secondary N) is 3. The molecule has 1 atom stereocenters. The maximum atomic E-state index is 14.8. The predicted octanol–water partition coefficient (Wildman–Crippen LogP) is 4.84. The Morgan fingerprint density at radius 2 is 1.86 bits per heavy atom. The number of hydrogen-bond donors (Lipinski definition) is 4. The van der Waals surface area contributed by atoms with Crippen molar-refractivity contribution in [1.29, 1.82) is 0 Å². The molecule has 1 fully saturated rings. The Morgan fingerprint density at radius 1 is 1.19 bits per heavy atom. The van der Waals surface area contributed by atoms with Gasteiger partial charge in [0.15, 0.2) is 11.8 Å². The van der Waals surface area contributed by atoms with Gasteiger partial charge in [0, 0.05) is 28.7 Å². The van der Waals surface area contributed by atoms with E-state index in [0.29, 0.717) is 12.2 Å². The maximum Gasteiger partial charge on any atom is 0.420 e. The van der Waals surface area contributed by atoms with Gasteiger partial charge in [-0.15, -0.1) is 0 Å². The average Bonchev–Trinajstić information content (AvgIpc) is 2.80. The molecule has 8 nitrogen and oxygen atoms in total. The summed E-state index contributed by atoms with van der Waals surface area (Å²) in [5.41, 5.74) is -1.37. The molecule has 12 heteroatoms. The molecular formula is C25H25F4N3O5. The van der Waals surface area contributed by atoms with E-state index in [4.69, 9.17) is 14.2 Å². The van der Waals surface area contributed by atoms with Gasteiger partial charge in [-0.1, -0.05) is 0 Å². The number of benzene rings is 2. The third-order valence-electron chi connectivity index (χ3n) is 5.53. The first-order valence-corrected chi connectivity index (χ1v) is 11.3. The standard InChI is InChI=1S/C25H25F4N3O5/c1-3-36-21-8-14(11-30-22(21)33)17-6-4-16(10-19(17)26)32-23(34)31-15-5-7-20(18(9-15)25(27,28)29)37-24(2)12-35-13-24/h4-11,22,30,33H,3,12-13H2,1-2H3,(H2,31,32,34).